The molecule has 0 bridgehead atoms. The molecule has 3 rings (SSSR count). The lowest BCUT2D eigenvalue weighted by Gasteiger charge is -2.30. The number of nitrogens with one attached hydrogen (secondary N) is 1. The maximum Gasteiger partial charge on any atom is 0.417 e. The summed E-state index contributed by atoms with van der Waals surface area (Å²) in [6.45, 7) is 1.73. The van der Waals surface area contributed by atoms with Crippen LogP contribution in [0.5, 0.6) is 5.75 Å². The zero-order chi connectivity index (χ0) is 21.4. The van der Waals surface area contributed by atoms with Crippen LogP contribution in [-0.2, 0) is 12.4 Å². The number of rotatable bonds is 3. The van der Waals surface area contributed by atoms with Gasteiger partial charge in [-0.1, -0.05) is 0 Å². The molecule has 1 unspecified atom stereocenters. The molecular weight excluding hydrogens is 402 g/mol. The fourth-order valence-corrected chi connectivity index (χ4v) is 3.32. The fraction of sp³-hybridized carbons (Fsp3) is 0.444. The molecule has 0 radical (unpaired) electrons. The van der Waals surface area contributed by atoms with Crippen LogP contribution in [0, 0.1) is 0 Å². The fourth-order valence-electron chi connectivity index (χ4n) is 3.32. The van der Waals surface area contributed by atoms with Crippen molar-refractivity contribution in [2.45, 2.75) is 31.2 Å². The van der Waals surface area contributed by atoms with Crippen molar-refractivity contribution >= 4 is 5.82 Å². The topological polar surface area (TPSA) is 61.3 Å². The van der Waals surface area contributed by atoms with E-state index in [1.165, 1.54) is 12.1 Å². The van der Waals surface area contributed by atoms with Gasteiger partial charge in [0, 0.05) is 12.6 Å². The molecule has 1 fully saturated rings. The first-order valence-electron chi connectivity index (χ1n) is 8.75. The van der Waals surface area contributed by atoms with Crippen LogP contribution >= 0.6 is 0 Å². The summed E-state index contributed by atoms with van der Waals surface area (Å²) in [6, 6.07) is 2.86. The Hall–Kier alpha value is -2.56. The molecule has 0 saturated carbocycles. The first kappa shape index (κ1) is 21.2. The average Bonchev–Trinajstić information content (AvgIpc) is 2.60. The smallest absolute Gasteiger partial charge is 0.417 e. The number of hydrogen-bond donors (Lipinski definition) is 2. The van der Waals surface area contributed by atoms with Crippen molar-refractivity contribution in [3.8, 4) is 17.0 Å². The van der Waals surface area contributed by atoms with E-state index in [9.17, 15) is 31.4 Å². The van der Waals surface area contributed by atoms with Gasteiger partial charge in [-0.3, -0.25) is 0 Å². The van der Waals surface area contributed by atoms with Crippen LogP contribution in [0.15, 0.2) is 24.3 Å². The molecule has 1 aliphatic heterocycles. The Morgan fingerprint density at radius 1 is 1.07 bits per heavy atom. The third-order valence-electron chi connectivity index (χ3n) is 4.65. The number of likely N-dealkylation sites (tertiary alicyclic amines) is 1. The third-order valence-corrected chi connectivity index (χ3v) is 4.65. The first-order chi connectivity index (χ1) is 13.4. The normalized spacial score (nSPS) is 18.7. The zero-order valence-corrected chi connectivity index (χ0v) is 15.3. The number of phenols is 1. The Kier molecular flexibility index (Phi) is 5.61. The lowest BCUT2D eigenvalue weighted by atomic mass is 9.99. The molecule has 1 saturated heterocycles. The molecule has 0 aliphatic carbocycles. The van der Waals surface area contributed by atoms with E-state index in [0.717, 1.165) is 25.9 Å². The summed E-state index contributed by atoms with van der Waals surface area (Å²) in [5, 5.41) is 20.6. The van der Waals surface area contributed by atoms with Crippen molar-refractivity contribution < 1.29 is 31.4 Å². The van der Waals surface area contributed by atoms with E-state index in [0.29, 0.717) is 5.82 Å². The van der Waals surface area contributed by atoms with Gasteiger partial charge in [0.2, 0.25) is 0 Å². The molecule has 2 aromatic rings. The monoisotopic (exact) mass is 420 g/mol. The number of piperidine rings is 1. The van der Waals surface area contributed by atoms with E-state index in [1.807, 2.05) is 7.05 Å². The van der Waals surface area contributed by atoms with Gasteiger partial charge in [0.05, 0.1) is 22.4 Å². The van der Waals surface area contributed by atoms with Crippen molar-refractivity contribution in [2.75, 3.05) is 25.5 Å². The van der Waals surface area contributed by atoms with Crippen LogP contribution < -0.4 is 5.32 Å². The highest BCUT2D eigenvalue weighted by Gasteiger charge is 2.40. The molecule has 1 aromatic heterocycles. The summed E-state index contributed by atoms with van der Waals surface area (Å²) >= 11 is 0. The van der Waals surface area contributed by atoms with Gasteiger partial charge in [-0.25, -0.2) is 0 Å². The second kappa shape index (κ2) is 7.69. The molecule has 158 valence electrons. The van der Waals surface area contributed by atoms with Crippen LogP contribution in [-0.4, -0.2) is 46.4 Å². The first-order valence-corrected chi connectivity index (χ1v) is 8.75. The molecule has 11 heteroatoms. The lowest BCUT2D eigenvalue weighted by molar-refractivity contribution is -0.142. The van der Waals surface area contributed by atoms with Gasteiger partial charge < -0.3 is 15.3 Å². The van der Waals surface area contributed by atoms with Gasteiger partial charge in [-0.05, 0) is 50.7 Å². The highest BCUT2D eigenvalue weighted by atomic mass is 19.4. The van der Waals surface area contributed by atoms with E-state index in [2.05, 4.69) is 20.4 Å². The van der Waals surface area contributed by atoms with Crippen LogP contribution in [0.2, 0.25) is 0 Å². The van der Waals surface area contributed by atoms with E-state index in [1.54, 1.807) is 0 Å². The molecule has 1 aliphatic rings. The molecule has 0 spiro atoms. The number of halogens is 6. The molecule has 2 N–H and O–H groups in total. The van der Waals surface area contributed by atoms with Crippen molar-refractivity contribution in [2.24, 2.45) is 0 Å². The number of nitrogens with zero attached hydrogens (tertiary/aromatic N) is 3. The van der Waals surface area contributed by atoms with Crippen molar-refractivity contribution in [3.05, 3.63) is 35.4 Å². The quantitative estimate of drug-likeness (QED) is 0.722. The Morgan fingerprint density at radius 2 is 1.79 bits per heavy atom. The summed E-state index contributed by atoms with van der Waals surface area (Å²) in [6.07, 6.45) is -8.29. The van der Waals surface area contributed by atoms with E-state index in [4.69, 9.17) is 0 Å². The van der Waals surface area contributed by atoms with Gasteiger partial charge in [-0.15, -0.1) is 10.2 Å². The Bertz CT molecular complexity index is 866. The predicted octanol–water partition coefficient (Wildman–Crippen LogP) is 4.39. The number of hydrogen-bond acceptors (Lipinski definition) is 5. The van der Waals surface area contributed by atoms with Crippen molar-refractivity contribution in [1.82, 2.24) is 15.1 Å². The summed E-state index contributed by atoms with van der Waals surface area (Å²) in [5.41, 5.74) is -4.45. The molecule has 1 aromatic carbocycles. The minimum atomic E-state index is -5.13. The lowest BCUT2D eigenvalue weighted by Crippen LogP contribution is -2.39. The predicted molar refractivity (Wildman–Crippen MR) is 93.3 cm³/mol. The molecule has 2 heterocycles. The van der Waals surface area contributed by atoms with Gasteiger partial charge in [0.1, 0.15) is 11.6 Å². The average molecular weight is 420 g/mol. The van der Waals surface area contributed by atoms with E-state index >= 15 is 0 Å². The van der Waals surface area contributed by atoms with Gasteiger partial charge in [0.25, 0.3) is 0 Å². The van der Waals surface area contributed by atoms with Crippen LogP contribution in [0.1, 0.15) is 24.0 Å². The maximum absolute atomic E-state index is 13.4. The van der Waals surface area contributed by atoms with Crippen LogP contribution in [0.25, 0.3) is 11.3 Å². The van der Waals surface area contributed by atoms with Crippen LogP contribution in [0.4, 0.5) is 32.2 Å². The number of aromatic hydroxyl groups is 1. The standard InChI is InChI=1S/C18H18F6N4O/c1-28-6-2-3-11(9-28)25-15-5-4-13(26-27-15)16-12(18(22,23)24)7-10(8-14(16)29)17(19,20)21/h4-5,7-8,11,29H,2-3,6,9H2,1H3,(H,25,27). The van der Waals surface area contributed by atoms with E-state index in [-0.39, 0.29) is 23.9 Å². The Labute approximate surface area is 162 Å². The highest BCUT2D eigenvalue weighted by molar-refractivity contribution is 5.72. The van der Waals surface area contributed by atoms with Crippen molar-refractivity contribution in [3.63, 3.8) is 0 Å². The summed E-state index contributed by atoms with van der Waals surface area (Å²) in [4.78, 5) is 2.12. The zero-order valence-electron chi connectivity index (χ0n) is 15.3. The Morgan fingerprint density at radius 3 is 2.34 bits per heavy atom. The van der Waals surface area contributed by atoms with Crippen molar-refractivity contribution in [1.29, 1.82) is 0 Å². The van der Waals surface area contributed by atoms with Gasteiger partial charge in [-0.2, -0.15) is 26.3 Å². The van der Waals surface area contributed by atoms with Crippen LogP contribution in [0.3, 0.4) is 0 Å². The molecule has 29 heavy (non-hydrogen) atoms. The summed E-state index contributed by atoms with van der Waals surface area (Å²) < 4.78 is 78.7. The molecule has 5 nitrogen and oxygen atoms in total. The molecule has 0 amide bonds. The number of aromatic nitrogens is 2. The second-order valence-corrected chi connectivity index (χ2v) is 6.96. The number of benzene rings is 1. The second-order valence-electron chi connectivity index (χ2n) is 6.96. The Balaban J connectivity index is 1.93. The molecule has 1 atom stereocenters. The maximum atomic E-state index is 13.4. The largest absolute Gasteiger partial charge is 0.507 e. The van der Waals surface area contributed by atoms with E-state index < -0.39 is 34.8 Å². The minimum Gasteiger partial charge on any atom is -0.507 e. The number of phenolic OH excluding ortho intramolecular Hbond substituents is 1. The summed E-state index contributed by atoms with van der Waals surface area (Å²) in [5.74, 6) is -0.843. The number of likely N-dealkylation sites (N-methyl/N-ethyl adjacent to an activating group) is 1. The van der Waals surface area contributed by atoms with Gasteiger partial charge in [0.15, 0.2) is 0 Å². The number of alkyl halides is 6. The minimum absolute atomic E-state index is 0.0409. The third kappa shape index (κ3) is 4.89. The van der Waals surface area contributed by atoms with Gasteiger partial charge >= 0.3 is 12.4 Å². The summed E-state index contributed by atoms with van der Waals surface area (Å²) in [7, 11) is 1.97. The molecular formula is C18H18F6N4O. The highest BCUT2D eigenvalue weighted by Crippen LogP contribution is 2.44. The SMILES string of the molecule is CN1CCCC(Nc2ccc(-c3c(O)cc(C(F)(F)F)cc3C(F)(F)F)nn2)C1. The number of anilines is 1.